The van der Waals surface area contributed by atoms with Crippen LogP contribution in [-0.4, -0.2) is 16.5 Å². The summed E-state index contributed by atoms with van der Waals surface area (Å²) in [5.74, 6) is 0. The minimum absolute atomic E-state index is 0. The molecule has 0 aromatic heterocycles. The molecule has 0 atom stereocenters. The van der Waals surface area contributed by atoms with Crippen LogP contribution in [0.25, 0.3) is 0 Å². The van der Waals surface area contributed by atoms with Gasteiger partial charge in [-0.2, -0.15) is 0 Å². The molecule has 0 unspecified atom stereocenters. The van der Waals surface area contributed by atoms with Crippen molar-refractivity contribution in [2.75, 3.05) is 0 Å². The Bertz CT molecular complexity index is 62.0. The van der Waals surface area contributed by atoms with Crippen LogP contribution in [-0.2, 0) is 51.2 Å². The summed E-state index contributed by atoms with van der Waals surface area (Å²) in [6.07, 6.45) is 0. The average Bonchev–Trinajstić information content (AvgIpc) is 1.25. The molecule has 0 aromatic carbocycles. The maximum atomic E-state index is 8.52. The molecule has 0 aliphatic carbocycles. The Morgan fingerprint density at radius 3 is 1.10 bits per heavy atom. The van der Waals surface area contributed by atoms with Crippen molar-refractivity contribution >= 4 is 16.5 Å². The van der Waals surface area contributed by atoms with Crippen LogP contribution in [0, 0.1) is 0 Å². The molecule has 0 N–H and O–H groups in total. The Labute approximate surface area is 91.9 Å². The standard InChI is InChI=1S/BO3.Cd.O3Si.Zn/c2-1(3)4;;1-4(2)3;/q-3;+2;-2;+2. The van der Waals surface area contributed by atoms with Gasteiger partial charge in [0.15, 0.2) is 0 Å². The maximum absolute atomic E-state index is 8.52. The van der Waals surface area contributed by atoms with Gasteiger partial charge in [0.25, 0.3) is 0 Å². The Kier molecular flexibility index (Phi) is 37.3. The summed E-state index contributed by atoms with van der Waals surface area (Å²) >= 11 is 0. The second kappa shape index (κ2) is 16.6. The van der Waals surface area contributed by atoms with E-state index in [-0.39, 0.29) is 46.8 Å². The normalized spacial score (nSPS) is 5.10. The molecule has 10 heteroatoms. The third kappa shape index (κ3) is 488. The molecule has 10 heavy (non-hydrogen) atoms. The third-order valence-electron chi connectivity index (χ3n) is 0. The fourth-order valence-electron chi connectivity index (χ4n) is 0. The molecule has 0 bridgehead atoms. The molecule has 0 aliphatic heterocycles. The molecule has 0 aliphatic rings. The summed E-state index contributed by atoms with van der Waals surface area (Å²) in [6.45, 7) is 0. The van der Waals surface area contributed by atoms with Crippen molar-refractivity contribution in [3.05, 3.63) is 0 Å². The van der Waals surface area contributed by atoms with E-state index in [1.807, 2.05) is 0 Å². The molecule has 0 radical (unpaired) electrons. The summed E-state index contributed by atoms with van der Waals surface area (Å²) in [5.41, 5.74) is 0. The summed E-state index contributed by atoms with van der Waals surface area (Å²) in [6, 6.07) is 0. The molecule has 0 fully saturated rings. The van der Waals surface area contributed by atoms with Gasteiger partial charge in [-0.3, -0.25) is 7.32 Å². The van der Waals surface area contributed by atoms with Crippen LogP contribution < -0.4 is 24.7 Å². The number of rotatable bonds is 0. The first-order chi connectivity index (χ1) is 3.46. The van der Waals surface area contributed by atoms with Crippen molar-refractivity contribution in [2.45, 2.75) is 0 Å². The van der Waals surface area contributed by atoms with Crippen LogP contribution in [0.5, 0.6) is 0 Å². The molecular formula is BCdO6SiZn-. The predicted molar refractivity (Wildman–Crippen MR) is 12.2 cm³/mol. The molecule has 0 saturated carbocycles. The van der Waals surface area contributed by atoms with Gasteiger partial charge in [0.2, 0.25) is 0 Å². The van der Waals surface area contributed by atoms with Gasteiger partial charge < -0.3 is 29.1 Å². The minimum atomic E-state index is -3.63. The van der Waals surface area contributed by atoms with Gasteiger partial charge in [0.05, 0.1) is 0 Å². The Morgan fingerprint density at radius 2 is 1.10 bits per heavy atom. The van der Waals surface area contributed by atoms with E-state index in [4.69, 9.17) is 29.1 Å². The van der Waals surface area contributed by atoms with Gasteiger partial charge in [-0.15, -0.1) is 0 Å². The van der Waals surface area contributed by atoms with Crippen molar-refractivity contribution in [2.24, 2.45) is 0 Å². The van der Waals surface area contributed by atoms with E-state index >= 15 is 0 Å². The average molecular weight is 313 g/mol. The Morgan fingerprint density at radius 1 is 1.10 bits per heavy atom. The van der Waals surface area contributed by atoms with Crippen LogP contribution in [0.4, 0.5) is 0 Å². The second-order valence-electron chi connectivity index (χ2n) is 0.539. The fraction of sp³-hybridized carbons (Fsp3) is 0. The van der Waals surface area contributed by atoms with E-state index < -0.39 is 16.5 Å². The SMILES string of the molecule is O=[Si]([O-])[O-].[Cd+2].[O-]B([O-])[O-].[Zn+2]. The molecular weight excluding hydrogens is 313 g/mol. The van der Waals surface area contributed by atoms with E-state index in [1.165, 1.54) is 0 Å². The largest absolute Gasteiger partial charge is 2.00 e. The van der Waals surface area contributed by atoms with Crippen molar-refractivity contribution in [3.63, 3.8) is 0 Å². The molecule has 0 amide bonds. The predicted octanol–water partition coefficient (Wildman–Crippen LogP) is -6.83. The monoisotopic (exact) mass is 313 g/mol. The zero-order valence-corrected chi connectivity index (χ0v) is 12.9. The quantitative estimate of drug-likeness (QED) is 0.408. The van der Waals surface area contributed by atoms with Crippen molar-refractivity contribution in [3.8, 4) is 0 Å². The Balaban J connectivity index is -0.0000000300. The fourth-order valence-corrected chi connectivity index (χ4v) is 0. The number of hydrogen-bond acceptors (Lipinski definition) is 6. The molecule has 0 rings (SSSR count). The summed E-state index contributed by atoms with van der Waals surface area (Å²) in [4.78, 5) is 17.0. The molecule has 0 saturated heterocycles. The molecule has 6 nitrogen and oxygen atoms in total. The summed E-state index contributed by atoms with van der Waals surface area (Å²) < 4.78 is 8.52. The van der Waals surface area contributed by atoms with E-state index in [1.54, 1.807) is 0 Å². The topological polar surface area (TPSA) is 132 Å². The smallest absolute Gasteiger partial charge is 0.907 e. The van der Waals surface area contributed by atoms with E-state index in [0.717, 1.165) is 0 Å². The van der Waals surface area contributed by atoms with Crippen LogP contribution >= 0.6 is 0 Å². The van der Waals surface area contributed by atoms with Gasteiger partial charge in [-0.1, -0.05) is 0 Å². The minimum Gasteiger partial charge on any atom is -0.907 e. The van der Waals surface area contributed by atoms with Crippen LogP contribution in [0.1, 0.15) is 0 Å². The molecule has 0 heterocycles. The van der Waals surface area contributed by atoms with Crippen molar-refractivity contribution in [1.82, 2.24) is 0 Å². The van der Waals surface area contributed by atoms with Gasteiger partial charge in [0, 0.05) is 9.17 Å². The summed E-state index contributed by atoms with van der Waals surface area (Å²) in [5, 5.41) is 25.2. The van der Waals surface area contributed by atoms with Crippen LogP contribution in [0.2, 0.25) is 0 Å². The molecule has 48 valence electrons. The number of hydrogen-bond donors (Lipinski definition) is 0. The first kappa shape index (κ1) is 22.5. The zero-order chi connectivity index (χ0) is 7.15. The van der Waals surface area contributed by atoms with Gasteiger partial charge in [-0.25, -0.2) is 0 Å². The first-order valence-electron chi connectivity index (χ1n) is 1.32. The molecule has 0 spiro atoms. The van der Waals surface area contributed by atoms with Gasteiger partial charge >= 0.3 is 46.8 Å². The van der Waals surface area contributed by atoms with Crippen molar-refractivity contribution in [1.29, 1.82) is 0 Å². The second-order valence-corrected chi connectivity index (χ2v) is 1.04. The van der Waals surface area contributed by atoms with Gasteiger partial charge in [-0.05, 0) is 0 Å². The Hall–Kier alpha value is 1.11. The van der Waals surface area contributed by atoms with Gasteiger partial charge in [0.1, 0.15) is 0 Å². The molecule has 0 aromatic rings. The van der Waals surface area contributed by atoms with Crippen molar-refractivity contribution < 1.29 is 75.9 Å². The summed E-state index contributed by atoms with van der Waals surface area (Å²) in [7, 11) is -6.55. The van der Waals surface area contributed by atoms with E-state index in [2.05, 4.69) is 0 Å². The van der Waals surface area contributed by atoms with Crippen LogP contribution in [0.3, 0.4) is 0 Å². The van der Waals surface area contributed by atoms with E-state index in [0.29, 0.717) is 0 Å². The maximum Gasteiger partial charge on any atom is 2.00 e. The third-order valence-corrected chi connectivity index (χ3v) is 0. The van der Waals surface area contributed by atoms with E-state index in [9.17, 15) is 0 Å². The first-order valence-corrected chi connectivity index (χ1v) is 2.54. The van der Waals surface area contributed by atoms with Crippen LogP contribution in [0.15, 0.2) is 0 Å². The zero-order valence-electron chi connectivity index (χ0n) is 4.94.